The number of phenolic OH excluding ortho intramolecular Hbond substituents is 1. The Bertz CT molecular complexity index is 1340. The standard InChI is InChI=1S/C30H30FNO3S/c31-14-13-21-5-4-6-23(19-21)30-28(26-12-9-24(33)20-27(26)36-30)29(34)22-7-10-25(11-8-22)35-18-17-32-15-2-1-3-16-32/h4-12,19-20,33H,1-3,13-18H2. The van der Waals surface area contributed by atoms with Crippen LogP contribution in [0.5, 0.6) is 11.5 Å². The van der Waals surface area contributed by atoms with Crippen LogP contribution in [0.2, 0.25) is 0 Å². The molecule has 0 bridgehead atoms. The molecule has 0 saturated carbocycles. The van der Waals surface area contributed by atoms with Crippen LogP contribution in [0, 0.1) is 0 Å². The number of aryl methyl sites for hydroxylation is 1. The molecular weight excluding hydrogens is 473 g/mol. The van der Waals surface area contributed by atoms with E-state index in [1.54, 1.807) is 18.2 Å². The lowest BCUT2D eigenvalue weighted by Crippen LogP contribution is -2.33. The average molecular weight is 504 g/mol. The van der Waals surface area contributed by atoms with Gasteiger partial charge in [0, 0.05) is 39.1 Å². The minimum atomic E-state index is -0.429. The Morgan fingerprint density at radius 3 is 2.58 bits per heavy atom. The van der Waals surface area contributed by atoms with Crippen LogP contribution in [0.4, 0.5) is 4.39 Å². The van der Waals surface area contributed by atoms with Crippen molar-refractivity contribution in [3.05, 3.63) is 83.4 Å². The molecular formula is C30H30FNO3S. The minimum Gasteiger partial charge on any atom is -0.508 e. The van der Waals surface area contributed by atoms with Crippen molar-refractivity contribution in [2.45, 2.75) is 25.7 Å². The van der Waals surface area contributed by atoms with Gasteiger partial charge in [-0.2, -0.15) is 0 Å². The maximum absolute atomic E-state index is 13.8. The molecule has 1 aromatic heterocycles. The topological polar surface area (TPSA) is 49.8 Å². The second kappa shape index (κ2) is 11.2. The largest absolute Gasteiger partial charge is 0.508 e. The van der Waals surface area contributed by atoms with Crippen molar-refractivity contribution < 1.29 is 19.0 Å². The molecule has 0 radical (unpaired) electrons. The van der Waals surface area contributed by atoms with Crippen molar-refractivity contribution >= 4 is 27.2 Å². The van der Waals surface area contributed by atoms with Crippen molar-refractivity contribution in [1.29, 1.82) is 0 Å². The van der Waals surface area contributed by atoms with E-state index in [0.717, 1.165) is 51.5 Å². The van der Waals surface area contributed by atoms with Crippen LogP contribution < -0.4 is 4.74 Å². The number of piperidine rings is 1. The molecule has 36 heavy (non-hydrogen) atoms. The predicted octanol–water partition coefficient (Wildman–Crippen LogP) is 6.88. The summed E-state index contributed by atoms with van der Waals surface area (Å²) in [6.45, 7) is 3.40. The summed E-state index contributed by atoms with van der Waals surface area (Å²) in [5.74, 6) is 0.826. The summed E-state index contributed by atoms with van der Waals surface area (Å²) in [5, 5.41) is 10.8. The van der Waals surface area contributed by atoms with Gasteiger partial charge < -0.3 is 9.84 Å². The molecule has 4 nitrogen and oxygen atoms in total. The van der Waals surface area contributed by atoms with Gasteiger partial charge in [-0.1, -0.05) is 30.7 Å². The highest BCUT2D eigenvalue weighted by Crippen LogP contribution is 2.41. The van der Waals surface area contributed by atoms with Gasteiger partial charge in [0.15, 0.2) is 5.78 Å². The number of rotatable bonds is 9. The third-order valence-corrected chi connectivity index (χ3v) is 7.92. The van der Waals surface area contributed by atoms with E-state index >= 15 is 0 Å². The molecule has 5 rings (SSSR count). The molecule has 6 heteroatoms. The number of ketones is 1. The number of halogens is 1. The number of alkyl halides is 1. The van der Waals surface area contributed by atoms with Crippen LogP contribution in [0.15, 0.2) is 66.7 Å². The number of fused-ring (bicyclic) bond motifs is 1. The number of hydrogen-bond acceptors (Lipinski definition) is 5. The lowest BCUT2D eigenvalue weighted by molar-refractivity contribution is 0.104. The Balaban J connectivity index is 1.40. The number of hydrogen-bond donors (Lipinski definition) is 1. The maximum atomic E-state index is 13.8. The van der Waals surface area contributed by atoms with Crippen LogP contribution in [-0.2, 0) is 6.42 Å². The summed E-state index contributed by atoms with van der Waals surface area (Å²) < 4.78 is 19.7. The number of nitrogens with zero attached hydrogens (tertiary/aromatic N) is 1. The van der Waals surface area contributed by atoms with Gasteiger partial charge in [0.2, 0.25) is 0 Å². The fourth-order valence-electron chi connectivity index (χ4n) is 4.81. The molecule has 4 aromatic rings. The number of benzene rings is 3. The van der Waals surface area contributed by atoms with E-state index < -0.39 is 6.67 Å². The zero-order valence-corrected chi connectivity index (χ0v) is 21.0. The van der Waals surface area contributed by atoms with Gasteiger partial charge in [-0.25, -0.2) is 0 Å². The summed E-state index contributed by atoms with van der Waals surface area (Å²) in [7, 11) is 0. The summed E-state index contributed by atoms with van der Waals surface area (Å²) >= 11 is 1.46. The Labute approximate surface area is 215 Å². The van der Waals surface area contributed by atoms with Gasteiger partial charge in [-0.05, 0) is 79.5 Å². The number of ether oxygens (including phenoxy) is 1. The number of carbonyl (C=O) groups is 1. The average Bonchev–Trinajstić information content (AvgIpc) is 3.28. The van der Waals surface area contributed by atoms with Crippen LogP contribution in [-0.4, -0.2) is 48.7 Å². The summed E-state index contributed by atoms with van der Waals surface area (Å²) in [4.78, 5) is 17.0. The van der Waals surface area contributed by atoms with Crippen LogP contribution in [0.1, 0.15) is 40.7 Å². The molecule has 1 aliphatic rings. The number of likely N-dealkylation sites (tertiary alicyclic amines) is 1. The van der Waals surface area contributed by atoms with Gasteiger partial charge in [-0.15, -0.1) is 11.3 Å². The van der Waals surface area contributed by atoms with Crippen molar-refractivity contribution in [3.63, 3.8) is 0 Å². The molecule has 0 atom stereocenters. The van der Waals surface area contributed by atoms with Gasteiger partial charge in [-0.3, -0.25) is 14.1 Å². The van der Waals surface area contributed by atoms with E-state index in [1.165, 1.54) is 30.6 Å². The molecule has 1 fully saturated rings. The highest BCUT2D eigenvalue weighted by Gasteiger charge is 2.22. The van der Waals surface area contributed by atoms with Crippen LogP contribution >= 0.6 is 11.3 Å². The lowest BCUT2D eigenvalue weighted by atomic mass is 9.96. The van der Waals surface area contributed by atoms with Gasteiger partial charge >= 0.3 is 0 Å². The third-order valence-electron chi connectivity index (χ3n) is 6.71. The van der Waals surface area contributed by atoms with Crippen LogP contribution in [0.25, 0.3) is 20.5 Å². The van der Waals surface area contributed by atoms with Gasteiger partial charge in [0.05, 0.1) is 6.67 Å². The minimum absolute atomic E-state index is 0.0855. The highest BCUT2D eigenvalue weighted by molar-refractivity contribution is 7.22. The first-order valence-electron chi connectivity index (χ1n) is 12.5. The van der Waals surface area contributed by atoms with E-state index in [9.17, 15) is 14.3 Å². The van der Waals surface area contributed by atoms with Crippen molar-refractivity contribution in [3.8, 4) is 21.9 Å². The van der Waals surface area contributed by atoms with Gasteiger partial charge in [0.1, 0.15) is 18.1 Å². The molecule has 3 aromatic carbocycles. The fraction of sp³-hybridized carbons (Fsp3) is 0.300. The lowest BCUT2D eigenvalue weighted by Gasteiger charge is -2.26. The predicted molar refractivity (Wildman–Crippen MR) is 144 cm³/mol. The molecule has 0 spiro atoms. The second-order valence-electron chi connectivity index (χ2n) is 9.23. The highest BCUT2D eigenvalue weighted by atomic mass is 32.1. The van der Waals surface area contributed by atoms with Crippen LogP contribution in [0.3, 0.4) is 0 Å². The first-order valence-corrected chi connectivity index (χ1v) is 13.3. The first kappa shape index (κ1) is 24.5. The van der Waals surface area contributed by atoms with E-state index in [1.807, 2.05) is 48.5 Å². The number of thiophene rings is 1. The molecule has 2 heterocycles. The second-order valence-corrected chi connectivity index (χ2v) is 10.3. The Morgan fingerprint density at radius 2 is 1.81 bits per heavy atom. The van der Waals surface area contributed by atoms with E-state index in [4.69, 9.17) is 4.74 Å². The first-order chi connectivity index (χ1) is 17.6. The Hall–Kier alpha value is -3.22. The van der Waals surface area contributed by atoms with Crippen molar-refractivity contribution in [2.75, 3.05) is 32.9 Å². The number of carbonyl (C=O) groups excluding carboxylic acids is 1. The monoisotopic (exact) mass is 503 g/mol. The van der Waals surface area contributed by atoms with E-state index in [0.29, 0.717) is 24.2 Å². The normalized spacial score (nSPS) is 14.2. The smallest absolute Gasteiger partial charge is 0.195 e. The number of phenols is 1. The zero-order valence-electron chi connectivity index (χ0n) is 20.2. The third kappa shape index (κ3) is 5.45. The summed E-state index contributed by atoms with van der Waals surface area (Å²) in [6, 6.07) is 20.1. The summed E-state index contributed by atoms with van der Waals surface area (Å²) in [6.07, 6.45) is 4.17. The van der Waals surface area contributed by atoms with Crippen molar-refractivity contribution in [2.24, 2.45) is 0 Å². The Kier molecular flexibility index (Phi) is 7.63. The number of aromatic hydroxyl groups is 1. The molecule has 0 amide bonds. The molecule has 1 aliphatic heterocycles. The molecule has 1 saturated heterocycles. The molecule has 0 unspecified atom stereocenters. The van der Waals surface area contributed by atoms with E-state index in [-0.39, 0.29) is 11.5 Å². The summed E-state index contributed by atoms with van der Waals surface area (Å²) in [5.41, 5.74) is 2.95. The van der Waals surface area contributed by atoms with E-state index in [2.05, 4.69) is 4.90 Å². The van der Waals surface area contributed by atoms with Gasteiger partial charge in [0.25, 0.3) is 0 Å². The SMILES string of the molecule is O=C(c1ccc(OCCN2CCCCC2)cc1)c1c(-c2cccc(CCF)c2)sc2cc(O)ccc12. The molecule has 0 aliphatic carbocycles. The fourth-order valence-corrected chi connectivity index (χ4v) is 6.04. The molecule has 1 N–H and O–H groups in total. The maximum Gasteiger partial charge on any atom is 0.195 e. The Morgan fingerprint density at radius 1 is 1.00 bits per heavy atom. The zero-order chi connectivity index (χ0) is 24.9. The van der Waals surface area contributed by atoms with Crippen molar-refractivity contribution in [1.82, 2.24) is 4.90 Å². The quantitative estimate of drug-likeness (QED) is 0.253. The molecule has 186 valence electrons.